The quantitative estimate of drug-likeness (QED) is 0.178. The molecule has 228 valence electrons. The van der Waals surface area contributed by atoms with Crippen LogP contribution in [0.5, 0.6) is 0 Å². The number of hydrogen-bond donors (Lipinski definition) is 0. The molecule has 2 nitrogen and oxygen atoms in total. The average Bonchev–Trinajstić information content (AvgIpc) is 3.68. The monoisotopic (exact) mass is 630 g/mol. The zero-order valence-electron chi connectivity index (χ0n) is 26.9. The summed E-state index contributed by atoms with van der Waals surface area (Å²) in [7, 11) is 0. The number of nitrogens with zero attached hydrogens (tertiary/aromatic N) is 2. The van der Waals surface area contributed by atoms with E-state index in [2.05, 4.69) is 158 Å². The van der Waals surface area contributed by atoms with Crippen molar-refractivity contribution in [3.05, 3.63) is 158 Å². The van der Waals surface area contributed by atoms with E-state index in [1.165, 1.54) is 86.5 Å². The fourth-order valence-electron chi connectivity index (χ4n) is 9.08. The van der Waals surface area contributed by atoms with Gasteiger partial charge in [-0.15, -0.1) is 0 Å². The summed E-state index contributed by atoms with van der Waals surface area (Å²) < 4.78 is 0. The Balaban J connectivity index is 1.42. The van der Waals surface area contributed by atoms with Crippen LogP contribution in [0.2, 0.25) is 0 Å². The summed E-state index contributed by atoms with van der Waals surface area (Å²) in [6, 6.07) is 57.5. The van der Waals surface area contributed by atoms with Crippen molar-refractivity contribution >= 4 is 97.2 Å². The lowest BCUT2D eigenvalue weighted by Gasteiger charge is -2.18. The second-order valence-electron chi connectivity index (χ2n) is 13.6. The number of aromatic nitrogens is 2. The minimum Gasteiger partial charge on any atom is -0.248 e. The molecule has 2 heterocycles. The molecule has 0 aliphatic carbocycles. The molecule has 0 amide bonds. The average molecular weight is 631 g/mol. The maximum atomic E-state index is 5.43. The van der Waals surface area contributed by atoms with Gasteiger partial charge in [-0.3, -0.25) is 0 Å². The Bertz CT molecular complexity index is 3370. The van der Waals surface area contributed by atoms with Gasteiger partial charge in [-0.2, -0.15) is 0 Å². The Labute approximate surface area is 286 Å². The van der Waals surface area contributed by atoms with E-state index in [0.717, 1.165) is 33.2 Å². The number of para-hydroxylation sites is 2. The molecule has 12 rings (SSSR count). The molecule has 2 heteroatoms. The molecule has 0 atom stereocenters. The molecule has 50 heavy (non-hydrogen) atoms. The summed E-state index contributed by atoms with van der Waals surface area (Å²) in [6.45, 7) is 0. The van der Waals surface area contributed by atoms with Crippen LogP contribution in [0.25, 0.3) is 120 Å². The standard InChI is InChI=1S/C48H26N2/c1-5-20-38-27(10-1)22-24-40(49-38)45-37-26-36-31-15-4-3-14-30(31)32-16-9-19-35(43(32)36)44(37)48(41-25-23-28-11-2-6-21-39(28)50-41)47-34-18-8-13-29-12-7-17-33(42(29)34)46(45)47/h1-26H. The third-order valence-electron chi connectivity index (χ3n) is 11.1. The van der Waals surface area contributed by atoms with Gasteiger partial charge in [0.05, 0.1) is 22.4 Å². The van der Waals surface area contributed by atoms with Crippen molar-refractivity contribution in [2.75, 3.05) is 0 Å². The van der Waals surface area contributed by atoms with Crippen LogP contribution in [-0.4, -0.2) is 9.97 Å². The summed E-state index contributed by atoms with van der Waals surface area (Å²) in [4.78, 5) is 10.9. The summed E-state index contributed by atoms with van der Waals surface area (Å²) in [5, 5.41) is 20.0. The normalized spacial score (nSPS) is 12.4. The van der Waals surface area contributed by atoms with Gasteiger partial charge in [0, 0.05) is 38.1 Å². The predicted octanol–water partition coefficient (Wildman–Crippen LogP) is 13.1. The van der Waals surface area contributed by atoms with Crippen molar-refractivity contribution < 1.29 is 0 Å². The van der Waals surface area contributed by atoms with E-state index in [0.29, 0.717) is 0 Å². The lowest BCUT2D eigenvalue weighted by atomic mass is 9.85. The fraction of sp³-hybridized carbons (Fsp3) is 0. The van der Waals surface area contributed by atoms with Crippen LogP contribution in [0.1, 0.15) is 0 Å². The van der Waals surface area contributed by atoms with E-state index < -0.39 is 0 Å². The second-order valence-corrected chi connectivity index (χ2v) is 13.6. The molecule has 2 aromatic heterocycles. The minimum absolute atomic E-state index is 0.988. The SMILES string of the molecule is c1ccc2nc(-c3c4cc5c6ccccc6c6cccc(c4c(-c4ccc7ccccc7n4)c4c7cccc8cccc(c34)c87)c65)ccc2c1. The molecule has 0 saturated carbocycles. The van der Waals surface area contributed by atoms with Gasteiger partial charge in [0.2, 0.25) is 0 Å². The molecule has 0 spiro atoms. The second kappa shape index (κ2) is 9.49. The summed E-state index contributed by atoms with van der Waals surface area (Å²) in [6.07, 6.45) is 0. The summed E-state index contributed by atoms with van der Waals surface area (Å²) in [5.74, 6) is 0. The topological polar surface area (TPSA) is 25.8 Å². The highest BCUT2D eigenvalue weighted by atomic mass is 14.7. The van der Waals surface area contributed by atoms with Crippen LogP contribution in [0, 0.1) is 0 Å². The number of rotatable bonds is 2. The van der Waals surface area contributed by atoms with Gasteiger partial charge in [-0.25, -0.2) is 9.97 Å². The minimum atomic E-state index is 0.988. The van der Waals surface area contributed by atoms with Crippen molar-refractivity contribution in [2.24, 2.45) is 0 Å². The van der Waals surface area contributed by atoms with Crippen LogP contribution in [0.15, 0.2) is 158 Å². The molecule has 0 N–H and O–H groups in total. The van der Waals surface area contributed by atoms with Gasteiger partial charge in [0.15, 0.2) is 0 Å². The van der Waals surface area contributed by atoms with Crippen LogP contribution in [0.4, 0.5) is 0 Å². The first-order valence-electron chi connectivity index (χ1n) is 17.3. The molecule has 0 radical (unpaired) electrons. The third-order valence-corrected chi connectivity index (χ3v) is 11.1. The molecule has 0 fully saturated rings. The maximum Gasteiger partial charge on any atom is 0.0722 e. The molecular formula is C48H26N2. The van der Waals surface area contributed by atoms with Gasteiger partial charge < -0.3 is 0 Å². The van der Waals surface area contributed by atoms with E-state index in [-0.39, 0.29) is 0 Å². The van der Waals surface area contributed by atoms with Gasteiger partial charge in [0.1, 0.15) is 0 Å². The lowest BCUT2D eigenvalue weighted by molar-refractivity contribution is 1.41. The van der Waals surface area contributed by atoms with Crippen molar-refractivity contribution in [2.45, 2.75) is 0 Å². The van der Waals surface area contributed by atoms with Crippen LogP contribution >= 0.6 is 0 Å². The molecule has 0 unspecified atom stereocenters. The van der Waals surface area contributed by atoms with E-state index in [4.69, 9.17) is 9.97 Å². The highest BCUT2D eigenvalue weighted by molar-refractivity contribution is 6.44. The zero-order chi connectivity index (χ0) is 32.5. The Morgan fingerprint density at radius 1 is 0.260 bits per heavy atom. The molecule has 0 aliphatic heterocycles. The van der Waals surface area contributed by atoms with Gasteiger partial charge in [0.25, 0.3) is 0 Å². The first-order valence-corrected chi connectivity index (χ1v) is 17.3. The number of fused-ring (bicyclic) bond motifs is 10. The molecule has 0 aliphatic rings. The summed E-state index contributed by atoms with van der Waals surface area (Å²) >= 11 is 0. The Hall–Kier alpha value is -6.64. The lowest BCUT2D eigenvalue weighted by Crippen LogP contribution is -1.94. The smallest absolute Gasteiger partial charge is 0.0722 e. The van der Waals surface area contributed by atoms with Crippen LogP contribution in [0.3, 0.4) is 0 Å². The molecular weight excluding hydrogens is 605 g/mol. The number of benzene rings is 8. The molecule has 0 saturated heterocycles. The Kier molecular flexibility index (Phi) is 5.00. The van der Waals surface area contributed by atoms with Gasteiger partial charge >= 0.3 is 0 Å². The van der Waals surface area contributed by atoms with Crippen LogP contribution in [-0.2, 0) is 0 Å². The highest BCUT2D eigenvalue weighted by Gasteiger charge is 2.27. The number of hydrogen-bond acceptors (Lipinski definition) is 2. The van der Waals surface area contributed by atoms with E-state index in [9.17, 15) is 0 Å². The third kappa shape index (κ3) is 3.32. The first kappa shape index (κ1) is 26.3. The van der Waals surface area contributed by atoms with Gasteiger partial charge in [-0.1, -0.05) is 127 Å². The largest absolute Gasteiger partial charge is 0.248 e. The highest BCUT2D eigenvalue weighted by Crippen LogP contribution is 2.54. The fourth-order valence-corrected chi connectivity index (χ4v) is 9.08. The van der Waals surface area contributed by atoms with E-state index in [1.54, 1.807) is 0 Å². The Morgan fingerprint density at radius 2 is 0.740 bits per heavy atom. The number of pyridine rings is 2. The van der Waals surface area contributed by atoms with Crippen molar-refractivity contribution in [1.29, 1.82) is 0 Å². The maximum absolute atomic E-state index is 5.43. The predicted molar refractivity (Wildman–Crippen MR) is 213 cm³/mol. The molecule has 12 aromatic rings. The van der Waals surface area contributed by atoms with Crippen LogP contribution < -0.4 is 0 Å². The van der Waals surface area contributed by atoms with Crippen molar-refractivity contribution in [3.8, 4) is 22.5 Å². The van der Waals surface area contributed by atoms with Crippen molar-refractivity contribution in [3.63, 3.8) is 0 Å². The molecule has 0 bridgehead atoms. The van der Waals surface area contributed by atoms with Gasteiger partial charge in [-0.05, 0) is 89.6 Å². The Morgan fingerprint density at radius 3 is 1.42 bits per heavy atom. The summed E-state index contributed by atoms with van der Waals surface area (Å²) in [5.41, 5.74) is 6.35. The first-order chi connectivity index (χ1) is 24.8. The zero-order valence-corrected chi connectivity index (χ0v) is 26.9. The van der Waals surface area contributed by atoms with Crippen molar-refractivity contribution in [1.82, 2.24) is 9.97 Å². The van der Waals surface area contributed by atoms with E-state index in [1.807, 2.05) is 0 Å². The molecule has 10 aromatic carbocycles. The van der Waals surface area contributed by atoms with E-state index >= 15 is 0 Å².